The van der Waals surface area contributed by atoms with Crippen molar-refractivity contribution in [2.24, 2.45) is 0 Å². The van der Waals surface area contributed by atoms with Crippen molar-refractivity contribution in [2.45, 2.75) is 27.4 Å². The maximum Gasteiger partial charge on any atom is 0.339 e. The number of carbonyl (C=O) groups is 1. The van der Waals surface area contributed by atoms with Gasteiger partial charge in [0.25, 0.3) is 0 Å². The van der Waals surface area contributed by atoms with Gasteiger partial charge in [-0.2, -0.15) is 0 Å². The number of esters is 1. The van der Waals surface area contributed by atoms with Crippen LogP contribution in [0.1, 0.15) is 31.6 Å². The molecule has 3 rings (SSSR count). The molecular formula is C16H15NO3S2. The molecule has 3 aromatic heterocycles. The summed E-state index contributed by atoms with van der Waals surface area (Å²) in [5.74, 6) is 0.928. The van der Waals surface area contributed by atoms with Gasteiger partial charge in [0.2, 0.25) is 5.89 Å². The molecule has 0 aliphatic heterocycles. The molecular weight excluding hydrogens is 318 g/mol. The van der Waals surface area contributed by atoms with Gasteiger partial charge in [0.15, 0.2) is 0 Å². The van der Waals surface area contributed by atoms with E-state index < -0.39 is 0 Å². The van der Waals surface area contributed by atoms with Crippen molar-refractivity contribution in [1.29, 1.82) is 0 Å². The number of aryl methyl sites for hydroxylation is 3. The van der Waals surface area contributed by atoms with Crippen molar-refractivity contribution in [2.75, 3.05) is 0 Å². The van der Waals surface area contributed by atoms with Gasteiger partial charge >= 0.3 is 5.97 Å². The molecule has 0 atom stereocenters. The summed E-state index contributed by atoms with van der Waals surface area (Å²) >= 11 is 3.15. The van der Waals surface area contributed by atoms with Gasteiger partial charge in [-0.3, -0.25) is 0 Å². The number of carbonyl (C=O) groups excluding carboxylic acids is 1. The standard InChI is InChI=1S/C16H15NO3S2/c1-9-7-12(11(3)22-9)16(18)19-8-13-10(2)20-15(17-13)14-5-4-6-21-14/h4-7H,8H2,1-3H3. The van der Waals surface area contributed by atoms with Gasteiger partial charge in [-0.25, -0.2) is 9.78 Å². The zero-order chi connectivity index (χ0) is 15.7. The highest BCUT2D eigenvalue weighted by atomic mass is 32.1. The molecule has 0 N–H and O–H groups in total. The van der Waals surface area contributed by atoms with Gasteiger partial charge < -0.3 is 9.15 Å². The topological polar surface area (TPSA) is 52.3 Å². The van der Waals surface area contributed by atoms with Gasteiger partial charge in [-0.05, 0) is 38.3 Å². The summed E-state index contributed by atoms with van der Waals surface area (Å²) < 4.78 is 11.0. The summed E-state index contributed by atoms with van der Waals surface area (Å²) in [5, 5.41) is 1.97. The molecule has 0 aliphatic rings. The SMILES string of the molecule is Cc1cc(C(=O)OCc2nc(-c3cccs3)oc2C)c(C)s1. The van der Waals surface area contributed by atoms with Crippen LogP contribution < -0.4 is 0 Å². The first-order chi connectivity index (χ1) is 10.5. The third-order valence-corrected chi connectivity index (χ3v) is 5.05. The lowest BCUT2D eigenvalue weighted by atomic mass is 10.2. The summed E-state index contributed by atoms with van der Waals surface area (Å²) in [6.07, 6.45) is 0. The van der Waals surface area contributed by atoms with Crippen LogP contribution in [0.3, 0.4) is 0 Å². The summed E-state index contributed by atoms with van der Waals surface area (Å²) in [6, 6.07) is 5.75. The minimum atomic E-state index is -0.318. The van der Waals surface area contributed by atoms with Crippen LogP contribution in [0.15, 0.2) is 28.0 Å². The molecule has 0 saturated heterocycles. The van der Waals surface area contributed by atoms with Gasteiger partial charge in [-0.15, -0.1) is 22.7 Å². The van der Waals surface area contributed by atoms with Gasteiger partial charge in [0.05, 0.1) is 10.4 Å². The quantitative estimate of drug-likeness (QED) is 0.647. The largest absolute Gasteiger partial charge is 0.455 e. The van der Waals surface area contributed by atoms with Gasteiger partial charge in [-0.1, -0.05) is 6.07 Å². The minimum Gasteiger partial charge on any atom is -0.455 e. The lowest BCUT2D eigenvalue weighted by molar-refractivity contribution is 0.0466. The van der Waals surface area contributed by atoms with Crippen LogP contribution in [0.2, 0.25) is 0 Å². The van der Waals surface area contributed by atoms with Crippen LogP contribution in [0.25, 0.3) is 10.8 Å². The average molecular weight is 333 g/mol. The number of ether oxygens (including phenoxy) is 1. The average Bonchev–Trinajstić information content (AvgIpc) is 3.17. The summed E-state index contributed by atoms with van der Waals surface area (Å²) in [4.78, 5) is 19.6. The molecule has 114 valence electrons. The Morgan fingerprint density at radius 2 is 2.18 bits per heavy atom. The van der Waals surface area contributed by atoms with Crippen LogP contribution in [-0.4, -0.2) is 11.0 Å². The Labute approximate surface area is 136 Å². The molecule has 0 aliphatic carbocycles. The predicted molar refractivity (Wildman–Crippen MR) is 87.5 cm³/mol. The predicted octanol–water partition coefficient (Wildman–Crippen LogP) is 4.75. The fraction of sp³-hybridized carbons (Fsp3) is 0.250. The Hall–Kier alpha value is -1.92. The van der Waals surface area contributed by atoms with E-state index in [1.54, 1.807) is 22.7 Å². The van der Waals surface area contributed by atoms with Crippen LogP contribution in [0, 0.1) is 20.8 Å². The van der Waals surface area contributed by atoms with E-state index in [4.69, 9.17) is 9.15 Å². The molecule has 0 radical (unpaired) electrons. The summed E-state index contributed by atoms with van der Waals surface area (Å²) in [7, 11) is 0. The Kier molecular flexibility index (Phi) is 4.13. The molecule has 6 heteroatoms. The van der Waals surface area contributed by atoms with Crippen molar-refractivity contribution in [3.63, 3.8) is 0 Å². The number of hydrogen-bond donors (Lipinski definition) is 0. The van der Waals surface area contributed by atoms with E-state index in [1.807, 2.05) is 44.4 Å². The summed E-state index contributed by atoms with van der Waals surface area (Å²) in [6.45, 7) is 5.84. The Morgan fingerprint density at radius 3 is 2.82 bits per heavy atom. The Bertz CT molecular complexity index is 800. The van der Waals surface area contributed by atoms with Crippen LogP contribution >= 0.6 is 22.7 Å². The molecule has 4 nitrogen and oxygen atoms in total. The van der Waals surface area contributed by atoms with E-state index in [1.165, 1.54) is 0 Å². The fourth-order valence-electron chi connectivity index (χ4n) is 2.11. The second-order valence-corrected chi connectivity index (χ2v) is 7.31. The van der Waals surface area contributed by atoms with E-state index in [-0.39, 0.29) is 12.6 Å². The smallest absolute Gasteiger partial charge is 0.339 e. The van der Waals surface area contributed by atoms with Crippen molar-refractivity contribution in [3.8, 4) is 10.8 Å². The van der Waals surface area contributed by atoms with Crippen molar-refractivity contribution in [1.82, 2.24) is 4.98 Å². The van der Waals surface area contributed by atoms with Crippen molar-refractivity contribution < 1.29 is 13.9 Å². The zero-order valence-corrected chi connectivity index (χ0v) is 14.1. The molecule has 0 fully saturated rings. The normalized spacial score (nSPS) is 10.9. The second kappa shape index (κ2) is 6.06. The maximum atomic E-state index is 12.1. The number of hydrogen-bond acceptors (Lipinski definition) is 6. The second-order valence-electron chi connectivity index (χ2n) is 4.90. The monoisotopic (exact) mass is 333 g/mol. The fourth-order valence-corrected chi connectivity index (χ4v) is 3.67. The Morgan fingerprint density at radius 1 is 1.36 bits per heavy atom. The molecule has 0 spiro atoms. The number of oxazole rings is 1. The number of nitrogens with zero attached hydrogens (tertiary/aromatic N) is 1. The minimum absolute atomic E-state index is 0.119. The third kappa shape index (κ3) is 2.98. The van der Waals surface area contributed by atoms with E-state index in [9.17, 15) is 4.79 Å². The molecule has 0 saturated carbocycles. The molecule has 0 amide bonds. The molecule has 0 bridgehead atoms. The molecule has 0 unspecified atom stereocenters. The van der Waals surface area contributed by atoms with Crippen LogP contribution in [-0.2, 0) is 11.3 Å². The van der Waals surface area contributed by atoms with E-state index in [0.717, 1.165) is 14.6 Å². The highest BCUT2D eigenvalue weighted by molar-refractivity contribution is 7.13. The van der Waals surface area contributed by atoms with Crippen molar-refractivity contribution >= 4 is 28.6 Å². The molecule has 3 heterocycles. The molecule has 0 aromatic carbocycles. The first-order valence-electron chi connectivity index (χ1n) is 6.79. The molecule has 3 aromatic rings. The van der Waals surface area contributed by atoms with E-state index in [0.29, 0.717) is 22.9 Å². The highest BCUT2D eigenvalue weighted by Crippen LogP contribution is 2.26. The molecule has 22 heavy (non-hydrogen) atoms. The van der Waals surface area contributed by atoms with Crippen LogP contribution in [0.5, 0.6) is 0 Å². The first-order valence-corrected chi connectivity index (χ1v) is 8.48. The lowest BCUT2D eigenvalue weighted by Gasteiger charge is -2.02. The first kappa shape index (κ1) is 15.0. The van der Waals surface area contributed by atoms with Crippen molar-refractivity contribution in [3.05, 3.63) is 50.4 Å². The van der Waals surface area contributed by atoms with Crippen LogP contribution in [0.4, 0.5) is 0 Å². The lowest BCUT2D eigenvalue weighted by Crippen LogP contribution is -2.06. The van der Waals surface area contributed by atoms with E-state index in [2.05, 4.69) is 4.98 Å². The van der Waals surface area contributed by atoms with Gasteiger partial charge in [0.1, 0.15) is 18.1 Å². The number of aromatic nitrogens is 1. The van der Waals surface area contributed by atoms with Gasteiger partial charge in [0, 0.05) is 9.75 Å². The third-order valence-electron chi connectivity index (χ3n) is 3.23. The number of thiophene rings is 2. The highest BCUT2D eigenvalue weighted by Gasteiger charge is 2.17. The maximum absolute atomic E-state index is 12.1. The zero-order valence-electron chi connectivity index (χ0n) is 12.5. The van der Waals surface area contributed by atoms with E-state index >= 15 is 0 Å². The number of rotatable bonds is 4. The Balaban J connectivity index is 1.72. The summed E-state index contributed by atoms with van der Waals surface area (Å²) in [5.41, 5.74) is 1.28.